The molecule has 0 unspecified atom stereocenters. The van der Waals surface area contributed by atoms with Gasteiger partial charge in [0.2, 0.25) is 0 Å². The third-order valence-corrected chi connectivity index (χ3v) is 2.06. The van der Waals surface area contributed by atoms with Gasteiger partial charge < -0.3 is 0 Å². The minimum atomic E-state index is -0.0481. The number of aromatic nitrogens is 2. The van der Waals surface area contributed by atoms with Crippen LogP contribution in [0.4, 0.5) is 0 Å². The van der Waals surface area contributed by atoms with E-state index in [4.69, 9.17) is 0 Å². The lowest BCUT2D eigenvalue weighted by Gasteiger charge is -1.93. The van der Waals surface area contributed by atoms with E-state index < -0.39 is 0 Å². The fraction of sp³-hybridized carbons (Fsp3) is 0. The largest absolute Gasteiger partial charge is 0.289 e. The number of pyridine rings is 2. The van der Waals surface area contributed by atoms with Crippen molar-refractivity contribution in [1.29, 1.82) is 0 Å². The molecular weight excluding hydrogens is 200 g/mol. The maximum absolute atomic E-state index is 11.7. The summed E-state index contributed by atoms with van der Waals surface area (Å²) in [5.74, 6) is -0.0481. The van der Waals surface area contributed by atoms with Crippen molar-refractivity contribution >= 4 is 11.9 Å². The molecule has 0 aliphatic carbocycles. The lowest BCUT2D eigenvalue weighted by Crippen LogP contribution is -1.93. The summed E-state index contributed by atoms with van der Waals surface area (Å²) in [6.07, 6.45) is 8.10. The fourth-order valence-electron chi connectivity index (χ4n) is 1.25. The van der Waals surface area contributed by atoms with Crippen molar-refractivity contribution in [2.45, 2.75) is 0 Å². The third-order valence-electron chi connectivity index (χ3n) is 2.06. The molecule has 0 atom stereocenters. The minimum Gasteiger partial charge on any atom is -0.289 e. The van der Waals surface area contributed by atoms with E-state index in [9.17, 15) is 4.79 Å². The first kappa shape index (κ1) is 10.2. The molecule has 0 amide bonds. The van der Waals surface area contributed by atoms with Gasteiger partial charge >= 0.3 is 0 Å². The highest BCUT2D eigenvalue weighted by molar-refractivity contribution is 6.06. The van der Waals surface area contributed by atoms with E-state index in [1.165, 1.54) is 6.08 Å². The molecule has 78 valence electrons. The number of rotatable bonds is 3. The predicted molar refractivity (Wildman–Crippen MR) is 61.8 cm³/mol. The van der Waals surface area contributed by atoms with Gasteiger partial charge in [0.15, 0.2) is 5.78 Å². The Hall–Kier alpha value is -2.29. The maximum Gasteiger partial charge on any atom is 0.186 e. The van der Waals surface area contributed by atoms with Crippen LogP contribution in [0.25, 0.3) is 6.08 Å². The summed E-state index contributed by atoms with van der Waals surface area (Å²) >= 11 is 0. The molecular formula is C13H10N2O. The Labute approximate surface area is 93.5 Å². The van der Waals surface area contributed by atoms with Gasteiger partial charge in [-0.2, -0.15) is 0 Å². The molecule has 2 aromatic rings. The van der Waals surface area contributed by atoms with E-state index in [0.717, 1.165) is 5.69 Å². The zero-order chi connectivity index (χ0) is 11.2. The van der Waals surface area contributed by atoms with Crippen LogP contribution in [0.3, 0.4) is 0 Å². The summed E-state index contributed by atoms with van der Waals surface area (Å²) in [6.45, 7) is 0. The second-order valence-corrected chi connectivity index (χ2v) is 3.19. The van der Waals surface area contributed by atoms with E-state index in [2.05, 4.69) is 9.97 Å². The Balaban J connectivity index is 2.12. The van der Waals surface area contributed by atoms with E-state index in [0.29, 0.717) is 5.56 Å². The van der Waals surface area contributed by atoms with Gasteiger partial charge in [0, 0.05) is 24.2 Å². The van der Waals surface area contributed by atoms with Crippen LogP contribution in [-0.4, -0.2) is 15.8 Å². The van der Waals surface area contributed by atoms with Crippen molar-refractivity contribution in [3.8, 4) is 0 Å². The van der Waals surface area contributed by atoms with Crippen molar-refractivity contribution < 1.29 is 4.79 Å². The van der Waals surface area contributed by atoms with Crippen LogP contribution in [0.2, 0.25) is 0 Å². The highest BCUT2D eigenvalue weighted by atomic mass is 16.1. The molecule has 3 nitrogen and oxygen atoms in total. The number of hydrogen-bond acceptors (Lipinski definition) is 3. The zero-order valence-corrected chi connectivity index (χ0v) is 8.58. The molecule has 0 saturated carbocycles. The smallest absolute Gasteiger partial charge is 0.186 e. The Bertz CT molecular complexity index is 492. The standard InChI is InChI=1S/C13H10N2O/c16-13(11-6-9-14-10-7-11)5-4-12-3-1-2-8-15-12/h1-10H. The molecule has 0 N–H and O–H groups in total. The Morgan fingerprint density at radius 3 is 2.56 bits per heavy atom. The molecule has 2 rings (SSSR count). The lowest BCUT2D eigenvalue weighted by molar-refractivity contribution is 0.104. The molecule has 0 saturated heterocycles. The zero-order valence-electron chi connectivity index (χ0n) is 8.58. The summed E-state index contributed by atoms with van der Waals surface area (Å²) in [7, 11) is 0. The van der Waals surface area contributed by atoms with Crippen molar-refractivity contribution in [3.63, 3.8) is 0 Å². The average Bonchev–Trinajstić information content (AvgIpc) is 2.38. The first-order valence-corrected chi connectivity index (χ1v) is 4.90. The molecule has 0 fully saturated rings. The molecule has 0 bridgehead atoms. The minimum absolute atomic E-state index is 0.0481. The topological polar surface area (TPSA) is 42.9 Å². The number of carbonyl (C=O) groups is 1. The number of nitrogens with zero attached hydrogens (tertiary/aromatic N) is 2. The number of ketones is 1. The normalized spacial score (nSPS) is 10.5. The third kappa shape index (κ3) is 2.60. The molecule has 0 aliphatic heterocycles. The van der Waals surface area contributed by atoms with Gasteiger partial charge in [-0.15, -0.1) is 0 Å². The second kappa shape index (κ2) is 4.98. The van der Waals surface area contributed by atoms with Gasteiger partial charge in [-0.3, -0.25) is 14.8 Å². The molecule has 0 aromatic carbocycles. The van der Waals surface area contributed by atoms with E-state index >= 15 is 0 Å². The van der Waals surface area contributed by atoms with E-state index in [1.807, 2.05) is 18.2 Å². The molecule has 0 radical (unpaired) electrons. The molecule has 2 aromatic heterocycles. The first-order valence-electron chi connectivity index (χ1n) is 4.90. The number of hydrogen-bond donors (Lipinski definition) is 0. The summed E-state index contributed by atoms with van der Waals surface area (Å²) in [4.78, 5) is 19.6. The van der Waals surface area contributed by atoms with E-state index in [1.54, 1.807) is 36.8 Å². The molecule has 2 heterocycles. The fourth-order valence-corrected chi connectivity index (χ4v) is 1.25. The summed E-state index contributed by atoms with van der Waals surface area (Å²) in [5.41, 5.74) is 1.40. The Kier molecular flexibility index (Phi) is 3.18. The predicted octanol–water partition coefficient (Wildman–Crippen LogP) is 2.37. The average molecular weight is 210 g/mol. The first-order chi connectivity index (χ1) is 7.86. The second-order valence-electron chi connectivity index (χ2n) is 3.19. The van der Waals surface area contributed by atoms with Crippen LogP contribution in [0.1, 0.15) is 16.1 Å². The SMILES string of the molecule is O=C(C=Cc1ccccn1)c1ccncc1. The van der Waals surface area contributed by atoms with E-state index in [-0.39, 0.29) is 5.78 Å². The lowest BCUT2D eigenvalue weighted by atomic mass is 10.1. The number of allylic oxidation sites excluding steroid dienone is 1. The maximum atomic E-state index is 11.7. The van der Waals surface area contributed by atoms with Gasteiger partial charge in [-0.1, -0.05) is 6.07 Å². The summed E-state index contributed by atoms with van der Waals surface area (Å²) in [6, 6.07) is 8.93. The van der Waals surface area contributed by atoms with Gasteiger partial charge in [0.1, 0.15) is 0 Å². The monoisotopic (exact) mass is 210 g/mol. The van der Waals surface area contributed by atoms with Crippen LogP contribution >= 0.6 is 0 Å². The molecule has 0 spiro atoms. The van der Waals surface area contributed by atoms with Crippen molar-refractivity contribution in [3.05, 3.63) is 66.3 Å². The molecule has 0 aliphatic rings. The van der Waals surface area contributed by atoms with Crippen LogP contribution in [0.15, 0.2) is 55.0 Å². The van der Waals surface area contributed by atoms with Crippen LogP contribution in [0.5, 0.6) is 0 Å². The van der Waals surface area contributed by atoms with Crippen molar-refractivity contribution in [1.82, 2.24) is 9.97 Å². The van der Waals surface area contributed by atoms with Gasteiger partial charge in [-0.05, 0) is 36.4 Å². The summed E-state index contributed by atoms with van der Waals surface area (Å²) in [5, 5.41) is 0. The number of carbonyl (C=O) groups excluding carboxylic acids is 1. The quantitative estimate of drug-likeness (QED) is 0.577. The van der Waals surface area contributed by atoms with Gasteiger partial charge in [0.05, 0.1) is 5.69 Å². The highest BCUT2D eigenvalue weighted by Gasteiger charge is 1.99. The van der Waals surface area contributed by atoms with Crippen molar-refractivity contribution in [2.24, 2.45) is 0 Å². The van der Waals surface area contributed by atoms with Crippen molar-refractivity contribution in [2.75, 3.05) is 0 Å². The van der Waals surface area contributed by atoms with Crippen LogP contribution in [-0.2, 0) is 0 Å². The Morgan fingerprint density at radius 2 is 1.88 bits per heavy atom. The highest BCUT2D eigenvalue weighted by Crippen LogP contribution is 2.02. The van der Waals surface area contributed by atoms with Gasteiger partial charge in [0.25, 0.3) is 0 Å². The molecule has 16 heavy (non-hydrogen) atoms. The van der Waals surface area contributed by atoms with Crippen LogP contribution in [0, 0.1) is 0 Å². The summed E-state index contributed by atoms with van der Waals surface area (Å²) < 4.78 is 0. The molecule has 3 heteroatoms. The van der Waals surface area contributed by atoms with Gasteiger partial charge in [-0.25, -0.2) is 0 Å². The van der Waals surface area contributed by atoms with Crippen LogP contribution < -0.4 is 0 Å². The Morgan fingerprint density at radius 1 is 1.06 bits per heavy atom.